The summed E-state index contributed by atoms with van der Waals surface area (Å²) in [6.45, 7) is 1.72. The first kappa shape index (κ1) is 8.96. The van der Waals surface area contributed by atoms with Crippen LogP contribution < -0.4 is 0 Å². The summed E-state index contributed by atoms with van der Waals surface area (Å²) in [5.41, 5.74) is 0.606. The topological polar surface area (TPSA) is 64.5 Å². The average molecular weight is 208 g/mol. The van der Waals surface area contributed by atoms with E-state index in [1.165, 1.54) is 6.20 Å². The highest BCUT2D eigenvalue weighted by atomic mass is 35.5. The minimum Gasteiger partial charge on any atom is -0.251 e. The van der Waals surface area contributed by atoms with Gasteiger partial charge < -0.3 is 0 Å². The van der Waals surface area contributed by atoms with Gasteiger partial charge in [-0.15, -0.1) is 20.4 Å². The molecule has 0 aromatic carbocycles. The Morgan fingerprint density at radius 2 is 1.79 bits per heavy atom. The Morgan fingerprint density at radius 1 is 1.07 bits per heavy atom. The van der Waals surface area contributed by atoms with Gasteiger partial charge in [0.2, 0.25) is 5.82 Å². The second-order valence-electron chi connectivity index (χ2n) is 2.63. The molecule has 0 amide bonds. The van der Waals surface area contributed by atoms with Crippen LogP contribution in [0.1, 0.15) is 5.82 Å². The molecule has 0 aliphatic rings. The Hall–Kier alpha value is -1.62. The lowest BCUT2D eigenvalue weighted by Crippen LogP contribution is -1.99. The van der Waals surface area contributed by atoms with E-state index in [-0.39, 0.29) is 0 Å². The molecule has 2 rings (SSSR count). The molecular formula is C8H6ClN5. The lowest BCUT2D eigenvalue weighted by atomic mass is 10.3. The molecule has 2 aromatic heterocycles. The summed E-state index contributed by atoms with van der Waals surface area (Å²) in [4.78, 5) is 4.04. The molecule has 2 heterocycles. The Balaban J connectivity index is 2.40. The van der Waals surface area contributed by atoms with E-state index < -0.39 is 0 Å². The molecule has 6 heteroatoms. The second kappa shape index (κ2) is 3.63. The third-order valence-corrected chi connectivity index (χ3v) is 1.76. The fraction of sp³-hybridized carbons (Fsp3) is 0.125. The van der Waals surface area contributed by atoms with Crippen LogP contribution in [-0.2, 0) is 0 Å². The van der Waals surface area contributed by atoms with Crippen LogP contribution in [0.25, 0.3) is 11.5 Å². The second-order valence-corrected chi connectivity index (χ2v) is 3.07. The molecule has 0 atom stereocenters. The third-order valence-electron chi connectivity index (χ3n) is 1.54. The van der Waals surface area contributed by atoms with Gasteiger partial charge in [0.15, 0.2) is 5.82 Å². The molecule has 0 bridgehead atoms. The van der Waals surface area contributed by atoms with Gasteiger partial charge in [-0.05, 0) is 19.1 Å². The molecule has 0 saturated heterocycles. The van der Waals surface area contributed by atoms with E-state index >= 15 is 0 Å². The van der Waals surface area contributed by atoms with Crippen LogP contribution in [0.5, 0.6) is 0 Å². The quantitative estimate of drug-likeness (QED) is 0.705. The summed E-state index contributed by atoms with van der Waals surface area (Å²) in [6, 6.07) is 3.43. The number of aromatic nitrogens is 5. The van der Waals surface area contributed by atoms with Gasteiger partial charge in [0, 0.05) is 6.20 Å². The van der Waals surface area contributed by atoms with E-state index in [1.807, 2.05) is 0 Å². The van der Waals surface area contributed by atoms with Gasteiger partial charge in [0.25, 0.3) is 0 Å². The lowest BCUT2D eigenvalue weighted by Gasteiger charge is -1.96. The van der Waals surface area contributed by atoms with Gasteiger partial charge in [-0.2, -0.15) is 0 Å². The van der Waals surface area contributed by atoms with Crippen LogP contribution in [0.3, 0.4) is 0 Å². The molecule has 0 spiro atoms. The predicted molar refractivity (Wildman–Crippen MR) is 50.6 cm³/mol. The summed E-state index contributed by atoms with van der Waals surface area (Å²) in [7, 11) is 0. The molecule has 70 valence electrons. The summed E-state index contributed by atoms with van der Waals surface area (Å²) in [5, 5.41) is 15.8. The van der Waals surface area contributed by atoms with Crippen LogP contribution in [0.4, 0.5) is 0 Å². The van der Waals surface area contributed by atoms with Gasteiger partial charge in [0.1, 0.15) is 5.69 Å². The lowest BCUT2D eigenvalue weighted by molar-refractivity contribution is 0.812. The van der Waals surface area contributed by atoms with Gasteiger partial charge in [0.05, 0.1) is 5.02 Å². The summed E-state index contributed by atoms with van der Waals surface area (Å²) < 4.78 is 0. The number of nitrogens with zero attached hydrogens (tertiary/aromatic N) is 5. The molecule has 0 aliphatic heterocycles. The molecule has 0 unspecified atom stereocenters. The first-order valence-electron chi connectivity index (χ1n) is 3.91. The van der Waals surface area contributed by atoms with E-state index in [1.54, 1.807) is 19.1 Å². The number of rotatable bonds is 1. The molecule has 2 aromatic rings. The monoisotopic (exact) mass is 207 g/mol. The summed E-state index contributed by atoms with van der Waals surface area (Å²) in [6.07, 6.45) is 1.53. The average Bonchev–Trinajstić information content (AvgIpc) is 2.21. The highest BCUT2D eigenvalue weighted by Crippen LogP contribution is 2.12. The van der Waals surface area contributed by atoms with Crippen LogP contribution in [0.15, 0.2) is 18.3 Å². The van der Waals surface area contributed by atoms with Crippen molar-refractivity contribution in [1.82, 2.24) is 25.4 Å². The van der Waals surface area contributed by atoms with E-state index in [4.69, 9.17) is 11.6 Å². The van der Waals surface area contributed by atoms with Gasteiger partial charge >= 0.3 is 0 Å². The zero-order chi connectivity index (χ0) is 9.97. The van der Waals surface area contributed by atoms with Crippen LogP contribution in [-0.4, -0.2) is 25.4 Å². The van der Waals surface area contributed by atoms with E-state index in [2.05, 4.69) is 25.4 Å². The minimum absolute atomic E-state index is 0.396. The first-order valence-corrected chi connectivity index (χ1v) is 4.29. The standard InChI is InChI=1S/C8H6ClN5/c1-5-11-13-8(14-12-5)7-3-2-6(9)4-10-7/h2-4H,1H3. The SMILES string of the molecule is Cc1nnc(-c2ccc(Cl)cn2)nn1. The van der Waals surface area contributed by atoms with Gasteiger partial charge in [-0.1, -0.05) is 11.6 Å². The summed E-state index contributed by atoms with van der Waals surface area (Å²) >= 11 is 5.69. The number of hydrogen-bond acceptors (Lipinski definition) is 5. The highest BCUT2D eigenvalue weighted by molar-refractivity contribution is 6.30. The van der Waals surface area contributed by atoms with Crippen molar-refractivity contribution in [2.45, 2.75) is 6.92 Å². The Kier molecular flexibility index (Phi) is 2.32. The molecule has 0 N–H and O–H groups in total. The van der Waals surface area contributed by atoms with Crippen molar-refractivity contribution in [1.29, 1.82) is 0 Å². The van der Waals surface area contributed by atoms with Crippen molar-refractivity contribution in [3.05, 3.63) is 29.2 Å². The Labute approximate surface area is 85.2 Å². The molecule has 5 nitrogen and oxygen atoms in total. The fourth-order valence-corrected chi connectivity index (χ4v) is 1.00. The molecule has 0 aliphatic carbocycles. The van der Waals surface area contributed by atoms with Crippen molar-refractivity contribution in [3.8, 4) is 11.5 Å². The zero-order valence-corrected chi connectivity index (χ0v) is 8.10. The molecule has 0 fully saturated rings. The van der Waals surface area contributed by atoms with Gasteiger partial charge in [-0.3, -0.25) is 4.98 Å². The van der Waals surface area contributed by atoms with Crippen molar-refractivity contribution in [3.63, 3.8) is 0 Å². The van der Waals surface area contributed by atoms with Crippen LogP contribution >= 0.6 is 11.6 Å². The predicted octanol–water partition coefficient (Wildman–Crippen LogP) is 1.29. The number of hydrogen-bond donors (Lipinski definition) is 0. The van der Waals surface area contributed by atoms with E-state index in [0.717, 1.165) is 0 Å². The number of halogens is 1. The maximum atomic E-state index is 5.69. The summed E-state index contributed by atoms with van der Waals surface area (Å²) in [5.74, 6) is 0.926. The first-order chi connectivity index (χ1) is 6.75. The molecule has 0 saturated carbocycles. The maximum absolute atomic E-state index is 5.69. The smallest absolute Gasteiger partial charge is 0.221 e. The maximum Gasteiger partial charge on any atom is 0.221 e. The third kappa shape index (κ3) is 1.82. The fourth-order valence-electron chi connectivity index (χ4n) is 0.890. The van der Waals surface area contributed by atoms with Crippen molar-refractivity contribution < 1.29 is 0 Å². The highest BCUT2D eigenvalue weighted by Gasteiger charge is 2.03. The van der Waals surface area contributed by atoms with Crippen molar-refractivity contribution in [2.75, 3.05) is 0 Å². The Bertz CT molecular complexity index is 381. The van der Waals surface area contributed by atoms with Crippen molar-refractivity contribution in [2.24, 2.45) is 0 Å². The largest absolute Gasteiger partial charge is 0.251 e. The van der Waals surface area contributed by atoms with E-state index in [9.17, 15) is 0 Å². The van der Waals surface area contributed by atoms with E-state index in [0.29, 0.717) is 22.4 Å². The number of pyridine rings is 1. The molecule has 14 heavy (non-hydrogen) atoms. The molecular weight excluding hydrogens is 202 g/mol. The number of aryl methyl sites for hydroxylation is 1. The molecule has 0 radical (unpaired) electrons. The zero-order valence-electron chi connectivity index (χ0n) is 7.35. The minimum atomic E-state index is 0.396. The van der Waals surface area contributed by atoms with Crippen molar-refractivity contribution >= 4 is 11.6 Å². The van der Waals surface area contributed by atoms with Crippen LogP contribution in [0, 0.1) is 6.92 Å². The normalized spacial score (nSPS) is 10.1. The van der Waals surface area contributed by atoms with Gasteiger partial charge in [-0.25, -0.2) is 0 Å². The Morgan fingerprint density at radius 3 is 2.36 bits per heavy atom. The van der Waals surface area contributed by atoms with Crippen LogP contribution in [0.2, 0.25) is 5.02 Å².